The van der Waals surface area contributed by atoms with Crippen molar-refractivity contribution in [2.75, 3.05) is 10.8 Å². The van der Waals surface area contributed by atoms with E-state index in [1.165, 1.54) is 35.6 Å². The molecule has 1 aliphatic rings. The molecule has 0 aliphatic heterocycles. The van der Waals surface area contributed by atoms with Crippen molar-refractivity contribution in [3.05, 3.63) is 88.5 Å². The lowest BCUT2D eigenvalue weighted by Crippen LogP contribution is -2.31. The van der Waals surface area contributed by atoms with Gasteiger partial charge in [0.25, 0.3) is 10.0 Å². The first-order chi connectivity index (χ1) is 17.2. The first-order valence-electron chi connectivity index (χ1n) is 12.9. The van der Waals surface area contributed by atoms with Crippen LogP contribution in [0.5, 0.6) is 5.75 Å². The summed E-state index contributed by atoms with van der Waals surface area (Å²) in [6.07, 6.45) is 7.26. The molecular formula is C30H38N2O3S. The average molecular weight is 507 g/mol. The number of sulfonamides is 1. The molecule has 0 atom stereocenters. The van der Waals surface area contributed by atoms with Gasteiger partial charge in [-0.2, -0.15) is 0 Å². The van der Waals surface area contributed by atoms with Crippen molar-refractivity contribution in [1.29, 1.82) is 0 Å². The van der Waals surface area contributed by atoms with E-state index in [9.17, 15) is 13.5 Å². The zero-order valence-electron chi connectivity index (χ0n) is 21.6. The maximum absolute atomic E-state index is 14.1. The zero-order valence-corrected chi connectivity index (χ0v) is 22.4. The second kappa shape index (κ2) is 11.5. The minimum Gasteiger partial charge on any atom is -0.508 e. The molecule has 3 aromatic carbocycles. The van der Waals surface area contributed by atoms with Gasteiger partial charge in [-0.1, -0.05) is 54.8 Å². The van der Waals surface area contributed by atoms with Crippen LogP contribution in [0.1, 0.15) is 59.9 Å². The summed E-state index contributed by atoms with van der Waals surface area (Å²) in [4.78, 5) is 0.343. The summed E-state index contributed by atoms with van der Waals surface area (Å²) in [5.41, 5.74) is 5.05. The number of rotatable bonds is 10. The van der Waals surface area contributed by atoms with Crippen molar-refractivity contribution in [2.45, 2.75) is 76.8 Å². The molecule has 3 aromatic rings. The minimum atomic E-state index is -3.84. The molecule has 1 saturated carbocycles. The number of nitrogens with one attached hydrogen (secondary N) is 1. The first-order valence-corrected chi connectivity index (χ1v) is 14.4. The van der Waals surface area contributed by atoms with Crippen LogP contribution in [0.25, 0.3) is 0 Å². The predicted molar refractivity (Wildman–Crippen MR) is 147 cm³/mol. The number of hydrogen-bond acceptors (Lipinski definition) is 4. The van der Waals surface area contributed by atoms with Gasteiger partial charge in [0, 0.05) is 6.04 Å². The quantitative estimate of drug-likeness (QED) is 0.322. The molecule has 0 radical (unpaired) electrons. The molecule has 2 N–H and O–H groups in total. The molecule has 4 rings (SSSR count). The van der Waals surface area contributed by atoms with Crippen LogP contribution in [0, 0.1) is 20.8 Å². The van der Waals surface area contributed by atoms with Crippen molar-refractivity contribution in [1.82, 2.24) is 5.32 Å². The topological polar surface area (TPSA) is 69.6 Å². The second-order valence-electron chi connectivity index (χ2n) is 10.1. The third-order valence-electron chi connectivity index (χ3n) is 7.04. The fraction of sp³-hybridized carbons (Fsp3) is 0.400. The van der Waals surface area contributed by atoms with Crippen LogP contribution in [0.3, 0.4) is 0 Å². The number of benzene rings is 3. The second-order valence-corrected chi connectivity index (χ2v) is 11.9. The molecular weight excluding hydrogens is 468 g/mol. The Morgan fingerprint density at radius 2 is 1.58 bits per heavy atom. The average Bonchev–Trinajstić information content (AvgIpc) is 3.33. The normalized spacial score (nSPS) is 14.3. The third kappa shape index (κ3) is 6.29. The molecule has 0 spiro atoms. The van der Waals surface area contributed by atoms with Crippen molar-refractivity contribution >= 4 is 15.7 Å². The van der Waals surface area contributed by atoms with Crippen LogP contribution in [0.4, 0.5) is 5.69 Å². The van der Waals surface area contributed by atoms with Crippen LogP contribution < -0.4 is 9.62 Å². The number of phenols is 1. The van der Waals surface area contributed by atoms with E-state index in [0.717, 1.165) is 41.6 Å². The van der Waals surface area contributed by atoms with Gasteiger partial charge in [0.1, 0.15) is 5.75 Å². The molecule has 0 aromatic heterocycles. The Bertz CT molecular complexity index is 1260. The smallest absolute Gasteiger partial charge is 0.265 e. The first kappa shape index (κ1) is 26.2. The van der Waals surface area contributed by atoms with E-state index < -0.39 is 10.0 Å². The number of aryl methyl sites for hydroxylation is 4. The van der Waals surface area contributed by atoms with Crippen LogP contribution in [0.2, 0.25) is 0 Å². The van der Waals surface area contributed by atoms with Crippen molar-refractivity contribution in [2.24, 2.45) is 0 Å². The van der Waals surface area contributed by atoms with E-state index >= 15 is 0 Å². The van der Waals surface area contributed by atoms with Gasteiger partial charge in [0.2, 0.25) is 0 Å². The Morgan fingerprint density at radius 3 is 2.22 bits per heavy atom. The minimum absolute atomic E-state index is 0.120. The Kier molecular flexibility index (Phi) is 8.37. The van der Waals surface area contributed by atoms with Crippen molar-refractivity contribution in [3.8, 4) is 5.75 Å². The number of aromatic hydroxyl groups is 1. The molecule has 0 unspecified atom stereocenters. The van der Waals surface area contributed by atoms with Gasteiger partial charge in [-0.15, -0.1) is 0 Å². The standard InChI is InChI=1S/C30H38N2O3S/c1-22-18-23(2)30(24(3)19-22)36(34,35)32(21-26-8-6-12-29(33)20-26)28-15-13-25(14-16-28)9-7-17-31-27-10-4-5-11-27/h6,8,12-16,18-20,27,31,33H,4-5,7,9-11,17,21H2,1-3H3. The molecule has 0 heterocycles. The van der Waals surface area contributed by atoms with Crippen LogP contribution in [-0.4, -0.2) is 26.1 Å². The van der Waals surface area contributed by atoms with Crippen LogP contribution in [-0.2, 0) is 23.0 Å². The fourth-order valence-electron chi connectivity index (χ4n) is 5.38. The molecule has 192 valence electrons. The summed E-state index contributed by atoms with van der Waals surface area (Å²) in [5, 5.41) is 13.6. The highest BCUT2D eigenvalue weighted by Gasteiger charge is 2.29. The summed E-state index contributed by atoms with van der Waals surface area (Å²) in [6, 6.07) is 19.1. The molecule has 0 amide bonds. The Labute approximate surface area is 216 Å². The molecule has 0 bridgehead atoms. The fourth-order valence-corrected chi connectivity index (χ4v) is 7.25. The zero-order chi connectivity index (χ0) is 25.7. The molecule has 6 heteroatoms. The number of hydrogen-bond donors (Lipinski definition) is 2. The van der Waals surface area contributed by atoms with E-state index in [1.54, 1.807) is 18.2 Å². The van der Waals surface area contributed by atoms with Crippen LogP contribution in [0.15, 0.2) is 65.6 Å². The number of anilines is 1. The van der Waals surface area contributed by atoms with Crippen molar-refractivity contribution < 1.29 is 13.5 Å². The lowest BCUT2D eigenvalue weighted by Gasteiger charge is -2.27. The van der Waals surface area contributed by atoms with E-state index in [-0.39, 0.29) is 12.3 Å². The molecule has 0 saturated heterocycles. The summed E-state index contributed by atoms with van der Waals surface area (Å²) < 4.78 is 29.6. The van der Waals surface area contributed by atoms with Crippen LogP contribution >= 0.6 is 0 Å². The number of nitrogens with zero attached hydrogens (tertiary/aromatic N) is 1. The highest BCUT2D eigenvalue weighted by Crippen LogP contribution is 2.31. The van der Waals surface area contributed by atoms with Gasteiger partial charge in [0.05, 0.1) is 17.1 Å². The highest BCUT2D eigenvalue weighted by atomic mass is 32.2. The lowest BCUT2D eigenvalue weighted by molar-refractivity contribution is 0.474. The third-order valence-corrected chi connectivity index (χ3v) is 9.12. The van der Waals surface area contributed by atoms with Crippen molar-refractivity contribution in [3.63, 3.8) is 0 Å². The van der Waals surface area contributed by atoms with Gasteiger partial charge >= 0.3 is 0 Å². The molecule has 5 nitrogen and oxygen atoms in total. The Balaban J connectivity index is 1.58. The van der Waals surface area contributed by atoms with Gasteiger partial charge in [-0.05, 0) is 99.5 Å². The largest absolute Gasteiger partial charge is 0.508 e. The summed E-state index contributed by atoms with van der Waals surface area (Å²) in [6.45, 7) is 6.82. The summed E-state index contributed by atoms with van der Waals surface area (Å²) in [7, 11) is -3.84. The molecule has 1 fully saturated rings. The van der Waals surface area contributed by atoms with E-state index in [1.807, 2.05) is 63.2 Å². The van der Waals surface area contributed by atoms with E-state index in [4.69, 9.17) is 0 Å². The Morgan fingerprint density at radius 1 is 0.917 bits per heavy atom. The summed E-state index contributed by atoms with van der Waals surface area (Å²) in [5.74, 6) is 0.120. The van der Waals surface area contributed by atoms with Gasteiger partial charge < -0.3 is 10.4 Å². The monoisotopic (exact) mass is 506 g/mol. The van der Waals surface area contributed by atoms with E-state index in [0.29, 0.717) is 16.6 Å². The van der Waals surface area contributed by atoms with E-state index in [2.05, 4.69) is 5.32 Å². The SMILES string of the molecule is Cc1cc(C)c(S(=O)(=O)N(Cc2cccc(O)c2)c2ccc(CCCNC3CCCC3)cc2)c(C)c1. The number of phenolic OH excluding ortho intramolecular Hbond substituents is 1. The van der Waals surface area contributed by atoms with Gasteiger partial charge in [-0.3, -0.25) is 4.31 Å². The highest BCUT2D eigenvalue weighted by molar-refractivity contribution is 7.92. The summed E-state index contributed by atoms with van der Waals surface area (Å²) >= 11 is 0. The van der Waals surface area contributed by atoms with Gasteiger partial charge in [0.15, 0.2) is 0 Å². The van der Waals surface area contributed by atoms with Gasteiger partial charge in [-0.25, -0.2) is 8.42 Å². The maximum Gasteiger partial charge on any atom is 0.265 e. The lowest BCUT2D eigenvalue weighted by atomic mass is 10.1. The Hall–Kier alpha value is -2.83. The predicted octanol–water partition coefficient (Wildman–Crippen LogP) is 6.18. The molecule has 1 aliphatic carbocycles. The molecule has 36 heavy (non-hydrogen) atoms. The maximum atomic E-state index is 14.1.